The topological polar surface area (TPSA) is 39.2 Å². The summed E-state index contributed by atoms with van der Waals surface area (Å²) in [6.45, 7) is 0. The van der Waals surface area contributed by atoms with Gasteiger partial charge in [-0.3, -0.25) is 4.98 Å². The van der Waals surface area contributed by atoms with Gasteiger partial charge in [-0.1, -0.05) is 34.8 Å². The molecule has 0 atom stereocenters. The summed E-state index contributed by atoms with van der Waals surface area (Å²) < 4.78 is 4.71. The zero-order valence-corrected chi connectivity index (χ0v) is 12.1. The minimum Gasteiger partial charge on any atom is -0.465 e. The number of hydrogen-bond acceptors (Lipinski definition) is 3. The van der Waals surface area contributed by atoms with Crippen LogP contribution in [0.4, 0.5) is 0 Å². The molecule has 0 aliphatic rings. The van der Waals surface area contributed by atoms with E-state index < -0.39 is 5.97 Å². The number of pyridine rings is 1. The number of esters is 1. The smallest absolute Gasteiger partial charge is 0.340 e. The second-order valence-electron chi connectivity index (χ2n) is 3.67. The number of rotatable bonds is 2. The van der Waals surface area contributed by atoms with Crippen LogP contribution in [0.25, 0.3) is 11.3 Å². The summed E-state index contributed by atoms with van der Waals surface area (Å²) >= 11 is 17.8. The van der Waals surface area contributed by atoms with E-state index in [-0.39, 0.29) is 5.56 Å². The maximum atomic E-state index is 11.7. The van der Waals surface area contributed by atoms with Crippen LogP contribution in [0.15, 0.2) is 30.5 Å². The number of ether oxygens (including phenoxy) is 1. The molecule has 1 aromatic carbocycles. The van der Waals surface area contributed by atoms with Crippen LogP contribution < -0.4 is 0 Å². The lowest BCUT2D eigenvalue weighted by molar-refractivity contribution is 0.0601. The molecule has 0 saturated carbocycles. The van der Waals surface area contributed by atoms with Gasteiger partial charge >= 0.3 is 5.97 Å². The van der Waals surface area contributed by atoms with Crippen LogP contribution in [-0.4, -0.2) is 18.1 Å². The molecular formula is C13H8Cl3NO2. The van der Waals surface area contributed by atoms with Crippen LogP contribution in [0.3, 0.4) is 0 Å². The Morgan fingerprint density at radius 3 is 2.53 bits per heavy atom. The molecule has 19 heavy (non-hydrogen) atoms. The van der Waals surface area contributed by atoms with E-state index in [1.807, 2.05) is 0 Å². The number of carbonyl (C=O) groups excluding carboxylic acids is 1. The molecule has 0 aliphatic carbocycles. The Hall–Kier alpha value is -1.29. The zero-order valence-electron chi connectivity index (χ0n) is 9.78. The second-order valence-corrected chi connectivity index (χ2v) is 4.95. The number of aromatic nitrogens is 1. The van der Waals surface area contributed by atoms with Crippen molar-refractivity contribution >= 4 is 40.8 Å². The van der Waals surface area contributed by atoms with Crippen LogP contribution in [0.5, 0.6) is 0 Å². The molecule has 0 amide bonds. The molecule has 0 bridgehead atoms. The van der Waals surface area contributed by atoms with E-state index in [0.29, 0.717) is 26.3 Å². The summed E-state index contributed by atoms with van der Waals surface area (Å²) in [5, 5.41) is 1.24. The first-order valence-electron chi connectivity index (χ1n) is 5.22. The second kappa shape index (κ2) is 5.78. The molecule has 6 heteroatoms. The molecule has 0 unspecified atom stereocenters. The zero-order chi connectivity index (χ0) is 14.0. The quantitative estimate of drug-likeness (QED) is 0.766. The highest BCUT2D eigenvalue weighted by Crippen LogP contribution is 2.32. The Morgan fingerprint density at radius 1 is 1.16 bits per heavy atom. The highest BCUT2D eigenvalue weighted by atomic mass is 35.5. The third kappa shape index (κ3) is 3.00. The van der Waals surface area contributed by atoms with Crippen molar-refractivity contribution < 1.29 is 9.53 Å². The summed E-state index contributed by atoms with van der Waals surface area (Å²) in [4.78, 5) is 15.9. The van der Waals surface area contributed by atoms with Gasteiger partial charge in [-0.15, -0.1) is 0 Å². The molecule has 0 fully saturated rings. The predicted molar refractivity (Wildman–Crippen MR) is 76.0 cm³/mol. The third-order valence-electron chi connectivity index (χ3n) is 2.45. The molecule has 2 rings (SSSR count). The SMILES string of the molecule is COC(=O)c1cc(Cl)cnc1-c1ccc(Cl)cc1Cl. The van der Waals surface area contributed by atoms with E-state index in [4.69, 9.17) is 39.5 Å². The van der Waals surface area contributed by atoms with Crippen molar-refractivity contribution in [3.63, 3.8) is 0 Å². The van der Waals surface area contributed by atoms with Gasteiger partial charge in [0, 0.05) is 16.8 Å². The first-order chi connectivity index (χ1) is 9.02. The van der Waals surface area contributed by atoms with Crippen LogP contribution in [-0.2, 0) is 4.74 Å². The van der Waals surface area contributed by atoms with Crippen molar-refractivity contribution in [3.05, 3.63) is 51.1 Å². The normalized spacial score (nSPS) is 10.3. The fourth-order valence-electron chi connectivity index (χ4n) is 1.60. The Labute approximate surface area is 125 Å². The van der Waals surface area contributed by atoms with E-state index in [2.05, 4.69) is 4.98 Å². The lowest BCUT2D eigenvalue weighted by atomic mass is 10.1. The molecule has 0 saturated heterocycles. The summed E-state index contributed by atoms with van der Waals surface area (Å²) in [6, 6.07) is 6.42. The van der Waals surface area contributed by atoms with Crippen molar-refractivity contribution in [2.75, 3.05) is 7.11 Å². The van der Waals surface area contributed by atoms with Gasteiger partial charge in [-0.05, 0) is 24.3 Å². The van der Waals surface area contributed by atoms with E-state index in [9.17, 15) is 4.79 Å². The van der Waals surface area contributed by atoms with Crippen molar-refractivity contribution in [1.82, 2.24) is 4.98 Å². The lowest BCUT2D eigenvalue weighted by Crippen LogP contribution is -2.05. The van der Waals surface area contributed by atoms with E-state index in [1.54, 1.807) is 18.2 Å². The van der Waals surface area contributed by atoms with Gasteiger partial charge in [-0.2, -0.15) is 0 Å². The largest absolute Gasteiger partial charge is 0.465 e. The van der Waals surface area contributed by atoms with Crippen LogP contribution >= 0.6 is 34.8 Å². The Balaban J connectivity index is 2.64. The first kappa shape index (κ1) is 14.1. The van der Waals surface area contributed by atoms with Gasteiger partial charge in [0.25, 0.3) is 0 Å². The third-order valence-corrected chi connectivity index (χ3v) is 3.20. The van der Waals surface area contributed by atoms with Crippen molar-refractivity contribution in [2.24, 2.45) is 0 Å². The van der Waals surface area contributed by atoms with E-state index in [1.165, 1.54) is 19.4 Å². The van der Waals surface area contributed by atoms with Gasteiger partial charge in [0.2, 0.25) is 0 Å². The minimum atomic E-state index is -0.531. The standard InChI is InChI=1S/C13H8Cl3NO2/c1-19-13(18)10-4-8(15)6-17-12(10)9-3-2-7(14)5-11(9)16/h2-6H,1H3. The summed E-state index contributed by atoms with van der Waals surface area (Å²) in [7, 11) is 1.29. The maximum absolute atomic E-state index is 11.7. The van der Waals surface area contributed by atoms with Gasteiger partial charge < -0.3 is 4.74 Å². The number of halogens is 3. The molecule has 3 nitrogen and oxygen atoms in total. The Bertz CT molecular complexity index is 644. The fraction of sp³-hybridized carbons (Fsp3) is 0.0769. The van der Waals surface area contributed by atoms with Gasteiger partial charge in [0.1, 0.15) is 0 Å². The molecule has 98 valence electrons. The van der Waals surface area contributed by atoms with Crippen molar-refractivity contribution in [3.8, 4) is 11.3 Å². The first-order valence-corrected chi connectivity index (χ1v) is 6.35. The maximum Gasteiger partial charge on any atom is 0.340 e. The van der Waals surface area contributed by atoms with Gasteiger partial charge in [-0.25, -0.2) is 4.79 Å². The monoisotopic (exact) mass is 315 g/mol. The average molecular weight is 317 g/mol. The van der Waals surface area contributed by atoms with Crippen molar-refractivity contribution in [1.29, 1.82) is 0 Å². The van der Waals surface area contributed by atoms with Crippen LogP contribution in [0.2, 0.25) is 15.1 Å². The predicted octanol–water partition coefficient (Wildman–Crippen LogP) is 4.50. The van der Waals surface area contributed by atoms with E-state index in [0.717, 1.165) is 0 Å². The Kier molecular flexibility index (Phi) is 4.30. The minimum absolute atomic E-state index is 0.249. The average Bonchev–Trinajstić information content (AvgIpc) is 2.38. The highest BCUT2D eigenvalue weighted by Gasteiger charge is 2.17. The van der Waals surface area contributed by atoms with Crippen molar-refractivity contribution in [2.45, 2.75) is 0 Å². The summed E-state index contributed by atoms with van der Waals surface area (Å²) in [5.41, 5.74) is 1.24. The number of carbonyl (C=O) groups is 1. The lowest BCUT2D eigenvalue weighted by Gasteiger charge is -2.09. The number of methoxy groups -OCH3 is 1. The molecule has 1 heterocycles. The summed E-state index contributed by atoms with van der Waals surface area (Å²) in [5.74, 6) is -0.531. The fourth-order valence-corrected chi connectivity index (χ4v) is 2.26. The highest BCUT2D eigenvalue weighted by molar-refractivity contribution is 6.36. The summed E-state index contributed by atoms with van der Waals surface area (Å²) in [6.07, 6.45) is 1.44. The number of benzene rings is 1. The molecule has 0 N–H and O–H groups in total. The van der Waals surface area contributed by atoms with Crippen LogP contribution in [0, 0.1) is 0 Å². The Morgan fingerprint density at radius 2 is 1.89 bits per heavy atom. The molecule has 2 aromatic rings. The number of nitrogens with zero attached hydrogens (tertiary/aromatic N) is 1. The van der Waals surface area contributed by atoms with E-state index >= 15 is 0 Å². The van der Waals surface area contributed by atoms with Gasteiger partial charge in [0.15, 0.2) is 0 Å². The molecule has 0 spiro atoms. The van der Waals surface area contributed by atoms with Gasteiger partial charge in [0.05, 0.1) is 28.4 Å². The molecule has 0 aliphatic heterocycles. The molecular weight excluding hydrogens is 309 g/mol. The molecule has 1 aromatic heterocycles. The molecule has 0 radical (unpaired) electrons. The number of hydrogen-bond donors (Lipinski definition) is 0. The van der Waals surface area contributed by atoms with Crippen LogP contribution in [0.1, 0.15) is 10.4 Å².